The largest absolute Gasteiger partial charge is 0.0750 e. The smallest absolute Gasteiger partial charge is 0.0211 e. The Labute approximate surface area is 102 Å². The van der Waals surface area contributed by atoms with E-state index in [1.165, 1.54) is 43.6 Å². The third-order valence-corrected chi connectivity index (χ3v) is 5.91. The molecule has 0 N–H and O–H groups in total. The van der Waals surface area contributed by atoms with Gasteiger partial charge in [0.1, 0.15) is 0 Å². The average molecular weight is 236 g/mol. The summed E-state index contributed by atoms with van der Waals surface area (Å²) in [6.45, 7) is 6.86. The van der Waals surface area contributed by atoms with Gasteiger partial charge >= 0.3 is 0 Å². The summed E-state index contributed by atoms with van der Waals surface area (Å²) in [5.41, 5.74) is 1.50. The molecular formula is C15H25P. The Kier molecular flexibility index (Phi) is 6.73. The van der Waals surface area contributed by atoms with Crippen LogP contribution in [0.5, 0.6) is 0 Å². The van der Waals surface area contributed by atoms with Gasteiger partial charge in [0.2, 0.25) is 0 Å². The lowest BCUT2D eigenvalue weighted by molar-refractivity contribution is 0.870. The minimum atomic E-state index is 0.112. The van der Waals surface area contributed by atoms with Gasteiger partial charge in [0, 0.05) is 0 Å². The lowest BCUT2D eigenvalue weighted by Gasteiger charge is -2.19. The second-order valence-corrected chi connectivity index (χ2v) is 6.94. The Morgan fingerprint density at radius 3 is 2.00 bits per heavy atom. The SMILES string of the molecule is CCCCP(CCCC)c1ccccc1C. The Bertz CT molecular complexity index is 285. The van der Waals surface area contributed by atoms with E-state index in [4.69, 9.17) is 0 Å². The summed E-state index contributed by atoms with van der Waals surface area (Å²) in [6, 6.07) is 8.98. The molecule has 1 aromatic carbocycles. The molecule has 0 saturated heterocycles. The zero-order valence-corrected chi connectivity index (χ0v) is 11.9. The average Bonchev–Trinajstić information content (AvgIpc) is 2.31. The van der Waals surface area contributed by atoms with Crippen molar-refractivity contribution in [3.63, 3.8) is 0 Å². The molecule has 0 radical (unpaired) electrons. The number of aryl methyl sites for hydroxylation is 1. The Hall–Kier alpha value is -0.350. The van der Waals surface area contributed by atoms with E-state index in [0.29, 0.717) is 0 Å². The second-order valence-electron chi connectivity index (χ2n) is 4.48. The number of benzene rings is 1. The molecule has 0 nitrogen and oxygen atoms in total. The van der Waals surface area contributed by atoms with Crippen molar-refractivity contribution in [3.8, 4) is 0 Å². The quantitative estimate of drug-likeness (QED) is 0.602. The molecule has 0 aliphatic rings. The normalized spacial score (nSPS) is 11.0. The zero-order chi connectivity index (χ0) is 11.8. The number of hydrogen-bond acceptors (Lipinski definition) is 0. The first kappa shape index (κ1) is 13.7. The van der Waals surface area contributed by atoms with Gasteiger partial charge in [-0.1, -0.05) is 58.9 Å². The van der Waals surface area contributed by atoms with E-state index in [-0.39, 0.29) is 7.92 Å². The van der Waals surface area contributed by atoms with Crippen LogP contribution in [0.15, 0.2) is 24.3 Å². The first-order valence-electron chi connectivity index (χ1n) is 6.60. The Morgan fingerprint density at radius 1 is 0.938 bits per heavy atom. The van der Waals surface area contributed by atoms with E-state index in [9.17, 15) is 0 Å². The van der Waals surface area contributed by atoms with Crippen LogP contribution in [0.3, 0.4) is 0 Å². The van der Waals surface area contributed by atoms with Crippen molar-refractivity contribution < 1.29 is 0 Å². The van der Waals surface area contributed by atoms with Crippen molar-refractivity contribution in [2.24, 2.45) is 0 Å². The molecule has 1 aromatic rings. The van der Waals surface area contributed by atoms with Gasteiger partial charge in [-0.2, -0.15) is 0 Å². The Balaban J connectivity index is 2.70. The molecule has 0 spiro atoms. The summed E-state index contributed by atoms with van der Waals surface area (Å²) in [5.74, 6) is 0. The van der Waals surface area contributed by atoms with Crippen molar-refractivity contribution in [3.05, 3.63) is 29.8 Å². The monoisotopic (exact) mass is 236 g/mol. The standard InChI is InChI=1S/C15H25P/c1-4-6-12-16(13-7-5-2)15-11-9-8-10-14(15)3/h8-11H,4-7,12-13H2,1-3H3. The lowest BCUT2D eigenvalue weighted by Crippen LogP contribution is -2.09. The fourth-order valence-electron chi connectivity index (χ4n) is 1.97. The molecule has 0 amide bonds. The van der Waals surface area contributed by atoms with Crippen molar-refractivity contribution in [1.29, 1.82) is 0 Å². The summed E-state index contributed by atoms with van der Waals surface area (Å²) in [7, 11) is 0.112. The van der Waals surface area contributed by atoms with Crippen LogP contribution < -0.4 is 5.30 Å². The topological polar surface area (TPSA) is 0 Å². The van der Waals surface area contributed by atoms with Crippen molar-refractivity contribution >= 4 is 13.2 Å². The highest BCUT2D eigenvalue weighted by atomic mass is 31.1. The molecule has 0 unspecified atom stereocenters. The van der Waals surface area contributed by atoms with Crippen LogP contribution in [-0.4, -0.2) is 12.3 Å². The molecule has 0 heterocycles. The molecule has 0 saturated carbocycles. The molecule has 1 rings (SSSR count). The lowest BCUT2D eigenvalue weighted by atomic mass is 10.2. The molecule has 0 aliphatic heterocycles. The van der Waals surface area contributed by atoms with Gasteiger partial charge in [-0.3, -0.25) is 0 Å². The second kappa shape index (κ2) is 7.85. The maximum absolute atomic E-state index is 2.35. The van der Waals surface area contributed by atoms with Crippen LogP contribution in [0.2, 0.25) is 0 Å². The first-order chi connectivity index (χ1) is 7.79. The number of rotatable bonds is 7. The summed E-state index contributed by atoms with van der Waals surface area (Å²) in [4.78, 5) is 0. The molecule has 0 bridgehead atoms. The maximum atomic E-state index is 2.35. The zero-order valence-electron chi connectivity index (χ0n) is 11.0. The molecule has 1 heteroatoms. The van der Waals surface area contributed by atoms with Crippen LogP contribution in [0, 0.1) is 6.92 Å². The highest BCUT2D eigenvalue weighted by Crippen LogP contribution is 2.37. The summed E-state index contributed by atoms with van der Waals surface area (Å²) < 4.78 is 0. The molecule has 0 fully saturated rings. The first-order valence-corrected chi connectivity index (χ1v) is 8.31. The number of unbranched alkanes of at least 4 members (excludes halogenated alkanes) is 2. The van der Waals surface area contributed by atoms with E-state index >= 15 is 0 Å². The van der Waals surface area contributed by atoms with Crippen molar-refractivity contribution in [2.75, 3.05) is 12.3 Å². The summed E-state index contributed by atoms with van der Waals surface area (Å²) >= 11 is 0. The van der Waals surface area contributed by atoms with Gasteiger partial charge in [0.15, 0.2) is 0 Å². The molecule has 16 heavy (non-hydrogen) atoms. The van der Waals surface area contributed by atoms with E-state index in [1.807, 2.05) is 0 Å². The van der Waals surface area contributed by atoms with Gasteiger partial charge < -0.3 is 0 Å². The molecule has 0 atom stereocenters. The Morgan fingerprint density at radius 2 is 1.50 bits per heavy atom. The van der Waals surface area contributed by atoms with Gasteiger partial charge in [0.25, 0.3) is 0 Å². The molecular weight excluding hydrogens is 211 g/mol. The van der Waals surface area contributed by atoms with E-state index in [1.54, 1.807) is 5.30 Å². The number of hydrogen-bond donors (Lipinski definition) is 0. The van der Waals surface area contributed by atoms with E-state index in [2.05, 4.69) is 45.0 Å². The van der Waals surface area contributed by atoms with Crippen LogP contribution in [0.4, 0.5) is 0 Å². The molecule has 0 aromatic heterocycles. The third kappa shape index (κ3) is 4.26. The minimum Gasteiger partial charge on any atom is -0.0750 e. The highest BCUT2D eigenvalue weighted by molar-refractivity contribution is 7.65. The van der Waals surface area contributed by atoms with Crippen LogP contribution >= 0.6 is 7.92 Å². The molecule has 90 valence electrons. The highest BCUT2D eigenvalue weighted by Gasteiger charge is 2.11. The minimum absolute atomic E-state index is 0.112. The summed E-state index contributed by atoms with van der Waals surface area (Å²) in [5, 5.41) is 1.65. The van der Waals surface area contributed by atoms with Gasteiger partial charge in [-0.25, -0.2) is 0 Å². The fraction of sp³-hybridized carbons (Fsp3) is 0.600. The van der Waals surface area contributed by atoms with Crippen molar-refractivity contribution in [2.45, 2.75) is 46.5 Å². The van der Waals surface area contributed by atoms with Crippen LogP contribution in [-0.2, 0) is 0 Å². The third-order valence-electron chi connectivity index (χ3n) is 3.02. The van der Waals surface area contributed by atoms with Crippen LogP contribution in [0.25, 0.3) is 0 Å². The molecule has 0 aliphatic carbocycles. The van der Waals surface area contributed by atoms with Gasteiger partial charge in [-0.05, 0) is 43.0 Å². The van der Waals surface area contributed by atoms with Crippen molar-refractivity contribution in [1.82, 2.24) is 0 Å². The van der Waals surface area contributed by atoms with Crippen LogP contribution in [0.1, 0.15) is 45.1 Å². The summed E-state index contributed by atoms with van der Waals surface area (Å²) in [6.07, 6.45) is 8.30. The predicted molar refractivity (Wildman–Crippen MR) is 77.3 cm³/mol. The van der Waals surface area contributed by atoms with E-state index < -0.39 is 0 Å². The maximum Gasteiger partial charge on any atom is -0.0211 e. The van der Waals surface area contributed by atoms with Gasteiger partial charge in [0.05, 0.1) is 0 Å². The van der Waals surface area contributed by atoms with Gasteiger partial charge in [-0.15, -0.1) is 0 Å². The fourth-order valence-corrected chi connectivity index (χ4v) is 4.94. The van der Waals surface area contributed by atoms with E-state index in [0.717, 1.165) is 0 Å². The predicted octanol–water partition coefficient (Wildman–Crippen LogP) is 4.70.